The van der Waals surface area contributed by atoms with Gasteiger partial charge in [-0.05, 0) is 23.8 Å². The molecule has 0 fully saturated rings. The molecule has 4 nitrogen and oxygen atoms in total. The maximum atomic E-state index is 9.29. The molecular formula is C20H22N2O2. The van der Waals surface area contributed by atoms with Crippen molar-refractivity contribution in [3.8, 4) is 11.8 Å². The summed E-state index contributed by atoms with van der Waals surface area (Å²) in [4.78, 5) is 2.15. The van der Waals surface area contributed by atoms with Gasteiger partial charge < -0.3 is 9.84 Å². The van der Waals surface area contributed by atoms with E-state index < -0.39 is 0 Å². The van der Waals surface area contributed by atoms with Crippen LogP contribution in [0.3, 0.4) is 0 Å². The van der Waals surface area contributed by atoms with E-state index in [-0.39, 0.29) is 6.61 Å². The van der Waals surface area contributed by atoms with Crippen LogP contribution in [0.1, 0.15) is 16.7 Å². The Balaban J connectivity index is 2.00. The summed E-state index contributed by atoms with van der Waals surface area (Å²) >= 11 is 0. The van der Waals surface area contributed by atoms with Crippen LogP contribution in [0.4, 0.5) is 0 Å². The molecule has 0 radical (unpaired) electrons. The Bertz CT molecular complexity index is 702. The second-order valence-corrected chi connectivity index (χ2v) is 5.41. The number of aliphatic hydroxyl groups is 1. The fourth-order valence-corrected chi connectivity index (χ4v) is 2.46. The van der Waals surface area contributed by atoms with Gasteiger partial charge in [-0.3, -0.25) is 4.90 Å². The molecule has 0 aliphatic heterocycles. The molecule has 124 valence electrons. The van der Waals surface area contributed by atoms with Crippen molar-refractivity contribution >= 4 is 6.08 Å². The largest absolute Gasteiger partial charge is 0.496 e. The van der Waals surface area contributed by atoms with Gasteiger partial charge in [0, 0.05) is 25.2 Å². The third kappa shape index (κ3) is 5.24. The van der Waals surface area contributed by atoms with Crippen molar-refractivity contribution in [2.45, 2.75) is 6.54 Å². The van der Waals surface area contributed by atoms with E-state index in [1.54, 1.807) is 19.2 Å². The summed E-state index contributed by atoms with van der Waals surface area (Å²) in [5.41, 5.74) is 2.81. The summed E-state index contributed by atoms with van der Waals surface area (Å²) in [6, 6.07) is 17.5. The summed E-state index contributed by atoms with van der Waals surface area (Å²) in [6.07, 6.45) is 4.08. The van der Waals surface area contributed by atoms with E-state index in [0.717, 1.165) is 23.4 Å². The van der Waals surface area contributed by atoms with Gasteiger partial charge >= 0.3 is 0 Å². The van der Waals surface area contributed by atoms with Gasteiger partial charge in [-0.2, -0.15) is 5.26 Å². The van der Waals surface area contributed by atoms with Gasteiger partial charge in [0.05, 0.1) is 25.3 Å². The molecule has 0 aliphatic rings. The van der Waals surface area contributed by atoms with Gasteiger partial charge in [0.2, 0.25) is 0 Å². The highest BCUT2D eigenvalue weighted by molar-refractivity contribution is 5.51. The van der Waals surface area contributed by atoms with E-state index >= 15 is 0 Å². The highest BCUT2D eigenvalue weighted by Crippen LogP contribution is 2.19. The maximum absolute atomic E-state index is 9.29. The molecule has 0 aromatic heterocycles. The van der Waals surface area contributed by atoms with Gasteiger partial charge in [-0.15, -0.1) is 0 Å². The van der Waals surface area contributed by atoms with Crippen LogP contribution in [0.25, 0.3) is 6.08 Å². The van der Waals surface area contributed by atoms with Gasteiger partial charge in [0.15, 0.2) is 0 Å². The second kappa shape index (κ2) is 9.51. The number of hydrogen-bond donors (Lipinski definition) is 1. The molecule has 2 aromatic rings. The predicted molar refractivity (Wildman–Crippen MR) is 95.5 cm³/mol. The van der Waals surface area contributed by atoms with E-state index in [9.17, 15) is 5.11 Å². The van der Waals surface area contributed by atoms with E-state index in [0.29, 0.717) is 18.7 Å². The minimum Gasteiger partial charge on any atom is -0.496 e. The topological polar surface area (TPSA) is 56.5 Å². The molecule has 0 saturated heterocycles. The lowest BCUT2D eigenvalue weighted by Gasteiger charge is -2.20. The normalized spacial score (nSPS) is 10.9. The molecule has 2 rings (SSSR count). The van der Waals surface area contributed by atoms with Crippen LogP contribution in [0.5, 0.6) is 5.75 Å². The highest BCUT2D eigenvalue weighted by Gasteiger charge is 2.07. The molecule has 2 aromatic carbocycles. The van der Waals surface area contributed by atoms with Crippen molar-refractivity contribution in [1.82, 2.24) is 4.90 Å². The Morgan fingerprint density at radius 2 is 1.92 bits per heavy atom. The quantitative estimate of drug-likeness (QED) is 0.811. The average molecular weight is 322 g/mol. The third-order valence-electron chi connectivity index (χ3n) is 3.72. The van der Waals surface area contributed by atoms with Gasteiger partial charge in [-0.1, -0.05) is 42.5 Å². The number of ether oxygens (including phenoxy) is 1. The Kier molecular flexibility index (Phi) is 7.03. The van der Waals surface area contributed by atoms with Crippen molar-refractivity contribution < 1.29 is 9.84 Å². The predicted octanol–water partition coefficient (Wildman–Crippen LogP) is 3.07. The minimum atomic E-state index is 0.111. The average Bonchev–Trinajstić information content (AvgIpc) is 2.63. The summed E-state index contributed by atoms with van der Waals surface area (Å²) in [5, 5.41) is 18.1. The van der Waals surface area contributed by atoms with E-state index in [1.807, 2.05) is 42.5 Å². The highest BCUT2D eigenvalue weighted by atomic mass is 16.5. The lowest BCUT2D eigenvalue weighted by atomic mass is 10.1. The van der Waals surface area contributed by atoms with Crippen molar-refractivity contribution in [1.29, 1.82) is 5.26 Å². The first-order valence-corrected chi connectivity index (χ1v) is 7.88. The number of methoxy groups -OCH3 is 1. The van der Waals surface area contributed by atoms with Gasteiger partial charge in [-0.25, -0.2) is 0 Å². The summed E-state index contributed by atoms with van der Waals surface area (Å²) < 4.78 is 5.39. The fourth-order valence-electron chi connectivity index (χ4n) is 2.46. The second-order valence-electron chi connectivity index (χ2n) is 5.41. The molecule has 0 unspecified atom stereocenters. The van der Waals surface area contributed by atoms with Crippen LogP contribution in [0, 0.1) is 11.3 Å². The molecule has 0 heterocycles. The molecular weight excluding hydrogens is 300 g/mol. The molecule has 4 heteroatoms. The Morgan fingerprint density at radius 3 is 2.58 bits per heavy atom. The molecule has 0 amide bonds. The zero-order valence-electron chi connectivity index (χ0n) is 13.9. The summed E-state index contributed by atoms with van der Waals surface area (Å²) in [7, 11) is 1.67. The van der Waals surface area contributed by atoms with Crippen LogP contribution >= 0.6 is 0 Å². The zero-order valence-corrected chi connectivity index (χ0v) is 13.9. The van der Waals surface area contributed by atoms with Gasteiger partial charge in [0.1, 0.15) is 5.75 Å². The van der Waals surface area contributed by atoms with Gasteiger partial charge in [0.25, 0.3) is 0 Å². The standard InChI is InChI=1S/C20H22N2O2/c1-24-20-7-3-2-6-19(20)16-22(13-14-23)12-4-5-17-8-10-18(15-21)11-9-17/h2-11,23H,12-14,16H2,1H3/b5-4+. The SMILES string of the molecule is COc1ccccc1CN(C/C=C/c1ccc(C#N)cc1)CCO. The van der Waals surface area contributed by atoms with Crippen LogP contribution in [-0.2, 0) is 6.54 Å². The lowest BCUT2D eigenvalue weighted by molar-refractivity contribution is 0.202. The lowest BCUT2D eigenvalue weighted by Crippen LogP contribution is -2.26. The van der Waals surface area contributed by atoms with Crippen molar-refractivity contribution in [3.63, 3.8) is 0 Å². The number of nitrogens with zero attached hydrogens (tertiary/aromatic N) is 2. The van der Waals surface area contributed by atoms with E-state index in [4.69, 9.17) is 10.00 Å². The number of para-hydroxylation sites is 1. The van der Waals surface area contributed by atoms with E-state index in [1.165, 1.54) is 0 Å². The Morgan fingerprint density at radius 1 is 1.17 bits per heavy atom. The minimum absolute atomic E-state index is 0.111. The Hall–Kier alpha value is -2.61. The molecule has 0 atom stereocenters. The first-order valence-electron chi connectivity index (χ1n) is 7.88. The smallest absolute Gasteiger partial charge is 0.123 e. The number of aliphatic hydroxyl groups excluding tert-OH is 1. The Labute approximate surface area is 143 Å². The van der Waals surface area contributed by atoms with Crippen molar-refractivity contribution in [2.75, 3.05) is 26.8 Å². The first kappa shape index (κ1) is 17.7. The summed E-state index contributed by atoms with van der Waals surface area (Å²) in [5.74, 6) is 0.858. The monoisotopic (exact) mass is 322 g/mol. The molecule has 0 saturated carbocycles. The molecule has 24 heavy (non-hydrogen) atoms. The molecule has 0 spiro atoms. The van der Waals surface area contributed by atoms with Crippen LogP contribution in [-0.4, -0.2) is 36.8 Å². The fraction of sp³-hybridized carbons (Fsp3) is 0.250. The molecule has 0 aliphatic carbocycles. The third-order valence-corrected chi connectivity index (χ3v) is 3.72. The van der Waals surface area contributed by atoms with Crippen LogP contribution < -0.4 is 4.74 Å². The number of benzene rings is 2. The van der Waals surface area contributed by atoms with Crippen molar-refractivity contribution in [2.24, 2.45) is 0 Å². The number of rotatable bonds is 8. The van der Waals surface area contributed by atoms with Crippen LogP contribution in [0.15, 0.2) is 54.6 Å². The number of nitriles is 1. The maximum Gasteiger partial charge on any atom is 0.123 e. The molecule has 1 N–H and O–H groups in total. The zero-order chi connectivity index (χ0) is 17.2. The summed E-state index contributed by atoms with van der Waals surface area (Å²) in [6.45, 7) is 2.14. The molecule has 0 bridgehead atoms. The number of hydrogen-bond acceptors (Lipinski definition) is 4. The van der Waals surface area contributed by atoms with E-state index in [2.05, 4.69) is 17.0 Å². The van der Waals surface area contributed by atoms with Crippen LogP contribution in [0.2, 0.25) is 0 Å². The first-order chi connectivity index (χ1) is 11.8. The van der Waals surface area contributed by atoms with Crippen molar-refractivity contribution in [3.05, 3.63) is 71.3 Å².